The molecule has 0 spiro atoms. The highest BCUT2D eigenvalue weighted by atomic mass is 19.1. The Morgan fingerprint density at radius 2 is 1.75 bits per heavy atom. The maximum atomic E-state index is 14.9. The van der Waals surface area contributed by atoms with Crippen molar-refractivity contribution >= 4 is 11.9 Å². The summed E-state index contributed by atoms with van der Waals surface area (Å²) in [6.45, 7) is 13.4. The largest absolute Gasteiger partial charge is 0.378 e. The van der Waals surface area contributed by atoms with Crippen LogP contribution in [0.2, 0.25) is 0 Å². The minimum absolute atomic E-state index is 0.0559. The first-order valence-electron chi connectivity index (χ1n) is 12.5. The van der Waals surface area contributed by atoms with Gasteiger partial charge in [0.25, 0.3) is 5.91 Å². The zero-order valence-electron chi connectivity index (χ0n) is 21.8. The van der Waals surface area contributed by atoms with Crippen molar-refractivity contribution in [3.63, 3.8) is 0 Å². The highest BCUT2D eigenvalue weighted by Gasteiger charge is 2.26. The molecular formula is C29H35FN4O2. The second-order valence-corrected chi connectivity index (χ2v) is 10.5. The fraction of sp³-hybridized carbons (Fsp3) is 0.414. The number of carbonyl (C=O) groups is 1. The number of nitrogens with zero attached hydrogens (tertiary/aromatic N) is 4. The van der Waals surface area contributed by atoms with Crippen molar-refractivity contribution in [2.45, 2.75) is 52.6 Å². The summed E-state index contributed by atoms with van der Waals surface area (Å²) >= 11 is 0. The fourth-order valence-corrected chi connectivity index (χ4v) is 4.25. The molecule has 1 aliphatic rings. The molecule has 3 aromatic rings. The topological polar surface area (TPSA) is 58.6 Å². The maximum absolute atomic E-state index is 14.9. The fourth-order valence-electron chi connectivity index (χ4n) is 4.25. The van der Waals surface area contributed by atoms with Gasteiger partial charge in [-0.3, -0.25) is 4.79 Å². The maximum Gasteiger partial charge on any atom is 0.258 e. The van der Waals surface area contributed by atoms with E-state index in [4.69, 9.17) is 9.72 Å². The number of benzene rings is 2. The monoisotopic (exact) mass is 490 g/mol. The number of hydrogen-bond acceptors (Lipinski definition) is 5. The van der Waals surface area contributed by atoms with E-state index in [0.717, 1.165) is 5.56 Å². The molecule has 1 amide bonds. The SMILES string of the molecule is CC(C)N(Cc1ccc(C(C)(C)C)cc1)C(=O)c1cnc(N2CCOCC2)nc1-c1ccccc1F. The number of halogens is 1. The van der Waals surface area contributed by atoms with Crippen molar-refractivity contribution in [3.05, 3.63) is 77.2 Å². The van der Waals surface area contributed by atoms with Crippen LogP contribution in [0.3, 0.4) is 0 Å². The summed E-state index contributed by atoms with van der Waals surface area (Å²) in [5, 5.41) is 0. The van der Waals surface area contributed by atoms with Gasteiger partial charge in [0.05, 0.1) is 24.5 Å². The number of ether oxygens (including phenoxy) is 1. The van der Waals surface area contributed by atoms with Crippen molar-refractivity contribution in [3.8, 4) is 11.3 Å². The zero-order valence-corrected chi connectivity index (χ0v) is 21.8. The molecule has 1 fully saturated rings. The van der Waals surface area contributed by atoms with Gasteiger partial charge in [-0.05, 0) is 42.5 Å². The quantitative estimate of drug-likeness (QED) is 0.459. The third-order valence-electron chi connectivity index (χ3n) is 6.49. The average molecular weight is 491 g/mol. The molecule has 0 aliphatic carbocycles. The third kappa shape index (κ3) is 5.73. The second kappa shape index (κ2) is 10.7. The average Bonchev–Trinajstić information content (AvgIpc) is 2.87. The van der Waals surface area contributed by atoms with Crippen LogP contribution in [0.15, 0.2) is 54.7 Å². The second-order valence-electron chi connectivity index (χ2n) is 10.5. The molecule has 190 valence electrons. The molecule has 0 radical (unpaired) electrons. The van der Waals surface area contributed by atoms with Crippen molar-refractivity contribution < 1.29 is 13.9 Å². The lowest BCUT2D eigenvalue weighted by Crippen LogP contribution is -2.38. The predicted octanol–water partition coefficient (Wildman–Crippen LogP) is 5.47. The van der Waals surface area contributed by atoms with Crippen LogP contribution in [0.4, 0.5) is 10.3 Å². The van der Waals surface area contributed by atoms with E-state index in [9.17, 15) is 9.18 Å². The summed E-state index contributed by atoms with van der Waals surface area (Å²) in [7, 11) is 0. The van der Waals surface area contributed by atoms with E-state index >= 15 is 0 Å². The molecule has 36 heavy (non-hydrogen) atoms. The van der Waals surface area contributed by atoms with E-state index in [0.29, 0.717) is 44.5 Å². The first-order valence-corrected chi connectivity index (χ1v) is 12.5. The van der Waals surface area contributed by atoms with E-state index in [1.165, 1.54) is 11.6 Å². The van der Waals surface area contributed by atoms with Gasteiger partial charge < -0.3 is 14.5 Å². The number of hydrogen-bond donors (Lipinski definition) is 0. The number of anilines is 1. The first kappa shape index (κ1) is 25.8. The predicted molar refractivity (Wildman–Crippen MR) is 141 cm³/mol. The van der Waals surface area contributed by atoms with E-state index in [1.807, 2.05) is 18.7 Å². The Kier molecular flexibility index (Phi) is 7.69. The summed E-state index contributed by atoms with van der Waals surface area (Å²) in [5.41, 5.74) is 3.21. The van der Waals surface area contributed by atoms with Crippen molar-refractivity contribution in [2.75, 3.05) is 31.2 Å². The van der Waals surface area contributed by atoms with Gasteiger partial charge in [-0.15, -0.1) is 0 Å². The Labute approximate surface area is 213 Å². The number of rotatable bonds is 6. The van der Waals surface area contributed by atoms with E-state index in [1.54, 1.807) is 29.3 Å². The lowest BCUT2D eigenvalue weighted by Gasteiger charge is -2.29. The molecule has 0 bridgehead atoms. The number of carbonyl (C=O) groups excluding carboxylic acids is 1. The Bertz CT molecular complexity index is 1200. The van der Waals surface area contributed by atoms with Crippen LogP contribution < -0.4 is 4.90 Å². The molecule has 2 aromatic carbocycles. The lowest BCUT2D eigenvalue weighted by atomic mass is 9.86. The molecule has 4 rings (SSSR count). The van der Waals surface area contributed by atoms with Gasteiger partial charge in [-0.2, -0.15) is 0 Å². The first-order chi connectivity index (χ1) is 17.1. The molecule has 7 heteroatoms. The molecule has 1 aliphatic heterocycles. The molecule has 0 N–H and O–H groups in total. The molecule has 1 saturated heterocycles. The van der Waals surface area contributed by atoms with E-state index < -0.39 is 5.82 Å². The van der Waals surface area contributed by atoms with Crippen molar-refractivity contribution in [1.82, 2.24) is 14.9 Å². The Morgan fingerprint density at radius 1 is 1.08 bits per heavy atom. The van der Waals surface area contributed by atoms with Gasteiger partial charge in [0.1, 0.15) is 5.82 Å². The summed E-state index contributed by atoms with van der Waals surface area (Å²) in [4.78, 5) is 26.9. The Balaban J connectivity index is 1.70. The minimum Gasteiger partial charge on any atom is -0.378 e. The van der Waals surface area contributed by atoms with Gasteiger partial charge in [0.2, 0.25) is 5.95 Å². The van der Waals surface area contributed by atoms with Gasteiger partial charge in [-0.1, -0.05) is 57.2 Å². The summed E-state index contributed by atoms with van der Waals surface area (Å²) in [6, 6.07) is 14.7. The van der Waals surface area contributed by atoms with Gasteiger partial charge >= 0.3 is 0 Å². The van der Waals surface area contributed by atoms with Crippen LogP contribution in [-0.4, -0.2) is 53.1 Å². The van der Waals surface area contributed by atoms with E-state index in [-0.39, 0.29) is 28.5 Å². The number of aromatic nitrogens is 2. The van der Waals surface area contributed by atoms with Gasteiger partial charge in [0, 0.05) is 37.4 Å². The van der Waals surface area contributed by atoms with Gasteiger partial charge in [0.15, 0.2) is 0 Å². The van der Waals surface area contributed by atoms with Crippen LogP contribution in [0.1, 0.15) is 56.1 Å². The molecule has 2 heterocycles. The highest BCUT2D eigenvalue weighted by Crippen LogP contribution is 2.29. The number of amides is 1. The summed E-state index contributed by atoms with van der Waals surface area (Å²) < 4.78 is 20.4. The minimum atomic E-state index is -0.424. The van der Waals surface area contributed by atoms with Crippen LogP contribution in [0, 0.1) is 5.82 Å². The van der Waals surface area contributed by atoms with Crippen LogP contribution in [-0.2, 0) is 16.7 Å². The number of morpholine rings is 1. The molecule has 0 saturated carbocycles. The van der Waals surface area contributed by atoms with Crippen LogP contribution >= 0.6 is 0 Å². The van der Waals surface area contributed by atoms with Crippen LogP contribution in [0.5, 0.6) is 0 Å². The summed E-state index contributed by atoms with van der Waals surface area (Å²) in [5.74, 6) is -0.175. The van der Waals surface area contributed by atoms with Crippen molar-refractivity contribution in [2.24, 2.45) is 0 Å². The molecule has 0 unspecified atom stereocenters. The Hall–Kier alpha value is -3.32. The van der Waals surface area contributed by atoms with Crippen LogP contribution in [0.25, 0.3) is 11.3 Å². The Morgan fingerprint density at radius 3 is 2.36 bits per heavy atom. The standard InChI is InChI=1S/C29H35FN4O2/c1-20(2)34(19-21-10-12-22(13-11-21)29(3,4)5)27(35)24-18-31-28(33-14-16-36-17-15-33)32-26(24)23-8-6-7-9-25(23)30/h6-13,18,20H,14-17,19H2,1-5H3. The zero-order chi connectivity index (χ0) is 25.9. The van der Waals surface area contributed by atoms with Gasteiger partial charge in [-0.25, -0.2) is 14.4 Å². The normalized spacial score (nSPS) is 14.2. The lowest BCUT2D eigenvalue weighted by molar-refractivity contribution is 0.0690. The molecule has 6 nitrogen and oxygen atoms in total. The van der Waals surface area contributed by atoms with Crippen molar-refractivity contribution in [1.29, 1.82) is 0 Å². The molecule has 1 aromatic heterocycles. The third-order valence-corrected chi connectivity index (χ3v) is 6.49. The summed E-state index contributed by atoms with van der Waals surface area (Å²) in [6.07, 6.45) is 1.54. The molecule has 0 atom stereocenters. The highest BCUT2D eigenvalue weighted by molar-refractivity contribution is 6.00. The molecular weight excluding hydrogens is 455 g/mol. The smallest absolute Gasteiger partial charge is 0.258 e. The van der Waals surface area contributed by atoms with E-state index in [2.05, 4.69) is 50.0 Å².